The maximum atomic E-state index is 13.0. The lowest BCUT2D eigenvalue weighted by Crippen LogP contribution is -2.37. The van der Waals surface area contributed by atoms with Crippen LogP contribution in [0.2, 0.25) is 0 Å². The average molecular weight is 363 g/mol. The van der Waals surface area contributed by atoms with Crippen molar-refractivity contribution in [2.45, 2.75) is 26.3 Å². The third-order valence-electron chi connectivity index (χ3n) is 4.21. The minimum Gasteiger partial charge on any atom is -0.335 e. The highest BCUT2D eigenvalue weighted by molar-refractivity contribution is 5.89. The lowest BCUT2D eigenvalue weighted by Gasteiger charge is -2.15. The van der Waals surface area contributed by atoms with E-state index in [0.717, 1.165) is 28.1 Å². The molecule has 0 aliphatic carbocycles. The highest BCUT2D eigenvalue weighted by Gasteiger charge is 2.09. The van der Waals surface area contributed by atoms with E-state index in [1.165, 1.54) is 12.1 Å². The number of carbonyl (C=O) groups is 1. The van der Waals surface area contributed by atoms with Crippen LogP contribution in [0.15, 0.2) is 66.9 Å². The van der Waals surface area contributed by atoms with Gasteiger partial charge in [-0.15, -0.1) is 0 Å². The zero-order chi connectivity index (χ0) is 19.2. The van der Waals surface area contributed by atoms with Crippen molar-refractivity contribution in [3.8, 4) is 11.1 Å². The smallest absolute Gasteiger partial charge is 0.319 e. The van der Waals surface area contributed by atoms with Gasteiger partial charge in [-0.3, -0.25) is 4.98 Å². The third kappa shape index (κ3) is 5.38. The molecule has 0 aliphatic heterocycles. The summed E-state index contributed by atoms with van der Waals surface area (Å²) in [6.07, 6.45) is 2.42. The Morgan fingerprint density at radius 2 is 1.74 bits per heavy atom. The normalized spacial score (nSPS) is 11.7. The topological polar surface area (TPSA) is 54.0 Å². The van der Waals surface area contributed by atoms with Crippen LogP contribution in [0.5, 0.6) is 0 Å². The average Bonchev–Trinajstić information content (AvgIpc) is 2.64. The van der Waals surface area contributed by atoms with Gasteiger partial charge >= 0.3 is 6.03 Å². The quantitative estimate of drug-likeness (QED) is 0.674. The molecule has 0 fully saturated rings. The number of pyridine rings is 1. The minimum atomic E-state index is -0.267. The van der Waals surface area contributed by atoms with Crippen molar-refractivity contribution < 1.29 is 9.18 Å². The molecule has 5 heteroatoms. The number of hydrogen-bond acceptors (Lipinski definition) is 2. The molecule has 1 atom stereocenters. The highest BCUT2D eigenvalue weighted by Crippen LogP contribution is 2.21. The van der Waals surface area contributed by atoms with Gasteiger partial charge in [0.15, 0.2) is 0 Å². The van der Waals surface area contributed by atoms with Crippen molar-refractivity contribution in [3.05, 3.63) is 83.9 Å². The SMILES string of the molecule is Cc1cc(-c2ccc(NC(=O)NC(C)Cc3ccc(F)cc3)cc2)ccn1. The maximum absolute atomic E-state index is 13.0. The van der Waals surface area contributed by atoms with Crippen LogP contribution in [0, 0.1) is 12.7 Å². The summed E-state index contributed by atoms with van der Waals surface area (Å²) in [5, 5.41) is 5.73. The Balaban J connectivity index is 1.55. The van der Waals surface area contributed by atoms with E-state index in [1.54, 1.807) is 18.3 Å². The number of aryl methyl sites for hydroxylation is 1. The molecule has 1 heterocycles. The van der Waals surface area contributed by atoms with Crippen LogP contribution in [0.1, 0.15) is 18.2 Å². The van der Waals surface area contributed by atoms with Crippen molar-refractivity contribution in [2.75, 3.05) is 5.32 Å². The third-order valence-corrected chi connectivity index (χ3v) is 4.21. The van der Waals surface area contributed by atoms with Crippen molar-refractivity contribution in [3.63, 3.8) is 0 Å². The Morgan fingerprint density at radius 3 is 2.41 bits per heavy atom. The molecule has 2 aromatic carbocycles. The van der Waals surface area contributed by atoms with Gasteiger partial charge in [0.05, 0.1) is 0 Å². The first-order valence-corrected chi connectivity index (χ1v) is 8.84. The van der Waals surface area contributed by atoms with Gasteiger partial charge in [0.2, 0.25) is 0 Å². The second-order valence-corrected chi connectivity index (χ2v) is 6.59. The van der Waals surface area contributed by atoms with Gasteiger partial charge in [0.25, 0.3) is 0 Å². The van der Waals surface area contributed by atoms with Gasteiger partial charge < -0.3 is 10.6 Å². The molecule has 2 N–H and O–H groups in total. The number of halogens is 1. The van der Waals surface area contributed by atoms with E-state index in [2.05, 4.69) is 15.6 Å². The molecule has 1 unspecified atom stereocenters. The van der Waals surface area contributed by atoms with Crippen LogP contribution < -0.4 is 10.6 Å². The number of carbonyl (C=O) groups excluding carboxylic acids is 1. The Bertz CT molecular complexity index is 908. The van der Waals surface area contributed by atoms with Crippen LogP contribution in [0.3, 0.4) is 0 Å². The van der Waals surface area contributed by atoms with Gasteiger partial charge in [-0.1, -0.05) is 24.3 Å². The summed E-state index contributed by atoms with van der Waals surface area (Å²) in [5.41, 5.74) is 4.81. The number of amides is 2. The molecule has 0 bridgehead atoms. The fourth-order valence-electron chi connectivity index (χ4n) is 2.89. The summed E-state index contributed by atoms with van der Waals surface area (Å²) in [7, 11) is 0. The van der Waals surface area contributed by atoms with E-state index in [9.17, 15) is 9.18 Å². The number of benzene rings is 2. The fraction of sp³-hybridized carbons (Fsp3) is 0.182. The van der Waals surface area contributed by atoms with E-state index in [1.807, 2.05) is 50.2 Å². The Hall–Kier alpha value is -3.21. The molecule has 1 aromatic heterocycles. The molecule has 0 saturated carbocycles. The molecular weight excluding hydrogens is 341 g/mol. The Morgan fingerprint density at radius 1 is 1.04 bits per heavy atom. The van der Waals surface area contributed by atoms with Crippen molar-refractivity contribution in [1.82, 2.24) is 10.3 Å². The zero-order valence-corrected chi connectivity index (χ0v) is 15.4. The number of nitrogens with one attached hydrogen (secondary N) is 2. The molecule has 0 radical (unpaired) electrons. The van der Waals surface area contributed by atoms with Crippen LogP contribution >= 0.6 is 0 Å². The number of aromatic nitrogens is 1. The molecule has 27 heavy (non-hydrogen) atoms. The summed E-state index contributed by atoms with van der Waals surface area (Å²) in [5.74, 6) is -0.262. The second kappa shape index (κ2) is 8.45. The number of nitrogens with zero attached hydrogens (tertiary/aromatic N) is 1. The zero-order valence-electron chi connectivity index (χ0n) is 15.4. The Kier molecular flexibility index (Phi) is 5.81. The van der Waals surface area contributed by atoms with Crippen molar-refractivity contribution in [1.29, 1.82) is 0 Å². The first-order chi connectivity index (χ1) is 13.0. The minimum absolute atomic E-state index is 0.0745. The fourth-order valence-corrected chi connectivity index (χ4v) is 2.89. The van der Waals surface area contributed by atoms with E-state index in [4.69, 9.17) is 0 Å². The summed E-state index contributed by atoms with van der Waals surface area (Å²) in [6.45, 7) is 3.87. The number of rotatable bonds is 5. The van der Waals surface area contributed by atoms with Crippen LogP contribution in [-0.2, 0) is 6.42 Å². The molecule has 2 amide bonds. The lowest BCUT2D eigenvalue weighted by atomic mass is 10.1. The van der Waals surface area contributed by atoms with Gasteiger partial charge in [-0.25, -0.2) is 9.18 Å². The predicted octanol–water partition coefficient (Wildman–Crippen LogP) is 4.95. The molecular formula is C22H22FN3O. The molecule has 0 aliphatic rings. The largest absolute Gasteiger partial charge is 0.335 e. The first-order valence-electron chi connectivity index (χ1n) is 8.84. The highest BCUT2D eigenvalue weighted by atomic mass is 19.1. The van der Waals surface area contributed by atoms with Gasteiger partial charge in [0, 0.05) is 23.6 Å². The molecule has 3 rings (SSSR count). The summed E-state index contributed by atoms with van der Waals surface area (Å²) >= 11 is 0. The van der Waals surface area contributed by atoms with Gasteiger partial charge in [-0.05, 0) is 73.4 Å². The van der Waals surface area contributed by atoms with Crippen LogP contribution in [0.4, 0.5) is 14.9 Å². The molecule has 0 spiro atoms. The molecule has 0 saturated heterocycles. The van der Waals surface area contributed by atoms with Gasteiger partial charge in [0.1, 0.15) is 5.82 Å². The Labute approximate surface area is 158 Å². The molecule has 138 valence electrons. The van der Waals surface area contributed by atoms with Crippen LogP contribution in [-0.4, -0.2) is 17.1 Å². The first kappa shape index (κ1) is 18.6. The van der Waals surface area contributed by atoms with Crippen LogP contribution in [0.25, 0.3) is 11.1 Å². The van der Waals surface area contributed by atoms with E-state index in [0.29, 0.717) is 6.42 Å². The van der Waals surface area contributed by atoms with E-state index in [-0.39, 0.29) is 17.9 Å². The summed E-state index contributed by atoms with van der Waals surface area (Å²) in [4.78, 5) is 16.4. The van der Waals surface area contributed by atoms with Crippen molar-refractivity contribution >= 4 is 11.7 Å². The standard InChI is InChI=1S/C22H22FN3O/c1-15-14-19(11-12-24-15)18-5-9-21(10-6-18)26-22(27)25-16(2)13-17-3-7-20(23)8-4-17/h3-12,14,16H,13H2,1-2H3,(H2,25,26,27). The predicted molar refractivity (Wildman–Crippen MR) is 106 cm³/mol. The number of hydrogen-bond donors (Lipinski definition) is 2. The second-order valence-electron chi connectivity index (χ2n) is 6.59. The maximum Gasteiger partial charge on any atom is 0.319 e. The number of urea groups is 1. The van der Waals surface area contributed by atoms with Gasteiger partial charge in [-0.2, -0.15) is 0 Å². The lowest BCUT2D eigenvalue weighted by molar-refractivity contribution is 0.249. The summed E-state index contributed by atoms with van der Waals surface area (Å²) < 4.78 is 13.0. The molecule has 3 aromatic rings. The van der Waals surface area contributed by atoms with E-state index >= 15 is 0 Å². The summed E-state index contributed by atoms with van der Waals surface area (Å²) in [6, 6.07) is 17.6. The molecule has 4 nitrogen and oxygen atoms in total. The monoisotopic (exact) mass is 363 g/mol. The number of anilines is 1. The van der Waals surface area contributed by atoms with E-state index < -0.39 is 0 Å². The van der Waals surface area contributed by atoms with Crippen molar-refractivity contribution in [2.24, 2.45) is 0 Å².